The molecule has 0 radical (unpaired) electrons. The summed E-state index contributed by atoms with van der Waals surface area (Å²) in [6.07, 6.45) is 3.24. The Kier molecular flexibility index (Phi) is 4.62. The molecular formula is C19H18N2O2S. The monoisotopic (exact) mass is 338 g/mol. The van der Waals surface area contributed by atoms with Crippen molar-refractivity contribution in [2.45, 2.75) is 6.92 Å². The van der Waals surface area contributed by atoms with E-state index in [0.717, 1.165) is 21.5 Å². The van der Waals surface area contributed by atoms with Crippen molar-refractivity contribution in [3.05, 3.63) is 64.5 Å². The molecule has 1 heterocycles. The zero-order valence-electron chi connectivity index (χ0n) is 13.8. The molecule has 0 unspecified atom stereocenters. The number of carbonyl (C=O) groups is 1. The van der Waals surface area contributed by atoms with E-state index in [1.54, 1.807) is 13.2 Å². The third-order valence-corrected chi connectivity index (χ3v) is 4.80. The molecule has 4 nitrogen and oxygen atoms in total. The van der Waals surface area contributed by atoms with Crippen molar-refractivity contribution in [2.24, 2.45) is 12.0 Å². The highest BCUT2D eigenvalue weighted by Gasteiger charge is 2.03. The first kappa shape index (κ1) is 16.2. The Hall–Kier alpha value is -2.66. The lowest BCUT2D eigenvalue weighted by atomic mass is 10.2. The Bertz CT molecular complexity index is 979. The van der Waals surface area contributed by atoms with E-state index in [1.807, 2.05) is 35.9 Å². The normalized spacial score (nSPS) is 12.2. The van der Waals surface area contributed by atoms with E-state index in [-0.39, 0.29) is 5.91 Å². The number of benzene rings is 2. The second kappa shape index (κ2) is 6.84. The predicted molar refractivity (Wildman–Crippen MR) is 98.1 cm³/mol. The van der Waals surface area contributed by atoms with Crippen LogP contribution in [0.5, 0.6) is 5.75 Å². The van der Waals surface area contributed by atoms with Crippen LogP contribution in [0.25, 0.3) is 16.3 Å². The van der Waals surface area contributed by atoms with Crippen molar-refractivity contribution in [1.29, 1.82) is 0 Å². The van der Waals surface area contributed by atoms with Crippen LogP contribution in [-0.2, 0) is 11.8 Å². The van der Waals surface area contributed by atoms with Crippen molar-refractivity contribution in [2.75, 3.05) is 7.11 Å². The van der Waals surface area contributed by atoms with Gasteiger partial charge in [0.2, 0.25) is 0 Å². The van der Waals surface area contributed by atoms with Crippen molar-refractivity contribution < 1.29 is 9.53 Å². The standard InChI is InChI=1S/C19H18N2O2S/c1-13-4-10-16-17(12-13)24-19(21(16)2)20-18(22)11-7-14-5-8-15(23-3)9-6-14/h4-12H,1-3H3/b11-7-,20-19?. The average molecular weight is 338 g/mol. The summed E-state index contributed by atoms with van der Waals surface area (Å²) < 4.78 is 8.18. The number of hydrogen-bond acceptors (Lipinski definition) is 3. The molecule has 1 aromatic heterocycles. The van der Waals surface area contributed by atoms with Gasteiger partial charge < -0.3 is 9.30 Å². The molecule has 0 saturated heterocycles. The molecule has 0 aliphatic rings. The lowest BCUT2D eigenvalue weighted by Crippen LogP contribution is -2.12. The molecule has 0 saturated carbocycles. The van der Waals surface area contributed by atoms with Gasteiger partial charge in [0, 0.05) is 13.1 Å². The molecule has 0 aliphatic carbocycles. The molecule has 122 valence electrons. The Morgan fingerprint density at radius 2 is 1.96 bits per heavy atom. The molecule has 0 aliphatic heterocycles. The van der Waals surface area contributed by atoms with Crippen LogP contribution in [0.1, 0.15) is 11.1 Å². The SMILES string of the molecule is COc1ccc(/C=C\C(=O)N=c2sc3cc(C)ccc3n2C)cc1. The van der Waals surface area contributed by atoms with Gasteiger partial charge >= 0.3 is 0 Å². The summed E-state index contributed by atoms with van der Waals surface area (Å²) in [6.45, 7) is 2.05. The van der Waals surface area contributed by atoms with Gasteiger partial charge in [-0.1, -0.05) is 29.5 Å². The number of fused-ring (bicyclic) bond motifs is 1. The van der Waals surface area contributed by atoms with Crippen LogP contribution in [0.15, 0.2) is 53.5 Å². The largest absolute Gasteiger partial charge is 0.497 e. The van der Waals surface area contributed by atoms with Crippen LogP contribution in [0.4, 0.5) is 0 Å². The molecule has 0 N–H and O–H groups in total. The molecule has 2 aromatic carbocycles. The Morgan fingerprint density at radius 3 is 2.67 bits per heavy atom. The van der Waals surface area contributed by atoms with Crippen molar-refractivity contribution >= 4 is 33.5 Å². The summed E-state index contributed by atoms with van der Waals surface area (Å²) in [5, 5.41) is 0. The number of aromatic nitrogens is 1. The number of amides is 1. The second-order valence-electron chi connectivity index (χ2n) is 5.47. The van der Waals surface area contributed by atoms with Crippen LogP contribution in [0, 0.1) is 6.92 Å². The summed E-state index contributed by atoms with van der Waals surface area (Å²) in [5.41, 5.74) is 3.20. The zero-order valence-corrected chi connectivity index (χ0v) is 14.6. The first-order valence-corrected chi connectivity index (χ1v) is 8.35. The lowest BCUT2D eigenvalue weighted by molar-refractivity contribution is -0.113. The predicted octanol–water partition coefficient (Wildman–Crippen LogP) is 3.70. The van der Waals surface area contributed by atoms with E-state index in [2.05, 4.69) is 30.1 Å². The lowest BCUT2D eigenvalue weighted by Gasteiger charge is -1.98. The summed E-state index contributed by atoms with van der Waals surface area (Å²) in [7, 11) is 3.55. The second-order valence-corrected chi connectivity index (χ2v) is 6.48. The molecule has 3 rings (SSSR count). The first-order valence-electron chi connectivity index (χ1n) is 7.54. The van der Waals surface area contributed by atoms with E-state index in [9.17, 15) is 4.79 Å². The van der Waals surface area contributed by atoms with E-state index in [0.29, 0.717) is 4.80 Å². The number of methoxy groups -OCH3 is 1. The van der Waals surface area contributed by atoms with Gasteiger partial charge in [-0.15, -0.1) is 0 Å². The van der Waals surface area contributed by atoms with E-state index >= 15 is 0 Å². The van der Waals surface area contributed by atoms with Gasteiger partial charge in [-0.05, 0) is 48.4 Å². The fourth-order valence-electron chi connectivity index (χ4n) is 2.36. The number of rotatable bonds is 3. The maximum Gasteiger partial charge on any atom is 0.272 e. The van der Waals surface area contributed by atoms with Crippen molar-refractivity contribution in [1.82, 2.24) is 4.57 Å². The zero-order chi connectivity index (χ0) is 17.1. The number of thiazole rings is 1. The van der Waals surface area contributed by atoms with Crippen LogP contribution < -0.4 is 9.54 Å². The number of hydrogen-bond donors (Lipinski definition) is 0. The average Bonchev–Trinajstić information content (AvgIpc) is 2.88. The summed E-state index contributed by atoms with van der Waals surface area (Å²) in [5.74, 6) is 0.514. The van der Waals surface area contributed by atoms with E-state index in [4.69, 9.17) is 4.74 Å². The molecule has 1 amide bonds. The number of ether oxygens (including phenoxy) is 1. The summed E-state index contributed by atoms with van der Waals surface area (Å²) >= 11 is 1.52. The first-order chi connectivity index (χ1) is 11.6. The smallest absolute Gasteiger partial charge is 0.272 e. The van der Waals surface area contributed by atoms with Gasteiger partial charge in [-0.25, -0.2) is 0 Å². The van der Waals surface area contributed by atoms with Gasteiger partial charge in [-0.2, -0.15) is 4.99 Å². The topological polar surface area (TPSA) is 43.6 Å². The fourth-order valence-corrected chi connectivity index (χ4v) is 3.48. The molecular weight excluding hydrogens is 320 g/mol. The van der Waals surface area contributed by atoms with Gasteiger partial charge in [0.1, 0.15) is 5.75 Å². The minimum absolute atomic E-state index is 0.273. The maximum absolute atomic E-state index is 12.1. The molecule has 0 fully saturated rings. The number of nitrogens with zero attached hydrogens (tertiary/aromatic N) is 2. The van der Waals surface area contributed by atoms with Gasteiger partial charge in [0.15, 0.2) is 4.80 Å². The maximum atomic E-state index is 12.1. The third kappa shape index (κ3) is 3.46. The van der Waals surface area contributed by atoms with Crippen LogP contribution in [0.2, 0.25) is 0 Å². The van der Waals surface area contributed by atoms with Crippen molar-refractivity contribution in [3.63, 3.8) is 0 Å². The third-order valence-electron chi connectivity index (χ3n) is 3.70. The molecule has 0 atom stereocenters. The van der Waals surface area contributed by atoms with Crippen LogP contribution in [-0.4, -0.2) is 17.6 Å². The van der Waals surface area contributed by atoms with Gasteiger partial charge in [0.25, 0.3) is 5.91 Å². The quantitative estimate of drug-likeness (QED) is 0.684. The minimum Gasteiger partial charge on any atom is -0.497 e. The van der Waals surface area contributed by atoms with E-state index in [1.165, 1.54) is 23.0 Å². The Morgan fingerprint density at radius 1 is 1.21 bits per heavy atom. The molecule has 0 bridgehead atoms. The number of carbonyl (C=O) groups excluding carboxylic acids is 1. The highest BCUT2D eigenvalue weighted by Crippen LogP contribution is 2.18. The summed E-state index contributed by atoms with van der Waals surface area (Å²) in [4.78, 5) is 17.0. The van der Waals surface area contributed by atoms with Gasteiger partial charge in [-0.3, -0.25) is 4.79 Å². The Labute approximate surface area is 144 Å². The van der Waals surface area contributed by atoms with Crippen LogP contribution in [0.3, 0.4) is 0 Å². The van der Waals surface area contributed by atoms with Gasteiger partial charge in [0.05, 0.1) is 17.3 Å². The molecule has 5 heteroatoms. The molecule has 3 aromatic rings. The summed E-state index contributed by atoms with van der Waals surface area (Å²) in [6, 6.07) is 13.7. The minimum atomic E-state index is -0.273. The van der Waals surface area contributed by atoms with Crippen molar-refractivity contribution in [3.8, 4) is 5.75 Å². The molecule has 24 heavy (non-hydrogen) atoms. The Balaban J connectivity index is 1.86. The van der Waals surface area contributed by atoms with Crippen LogP contribution >= 0.6 is 11.3 Å². The highest BCUT2D eigenvalue weighted by molar-refractivity contribution is 7.16. The number of aryl methyl sites for hydroxylation is 2. The fraction of sp³-hybridized carbons (Fsp3) is 0.158. The highest BCUT2D eigenvalue weighted by atomic mass is 32.1. The molecule has 0 spiro atoms. The van der Waals surface area contributed by atoms with E-state index < -0.39 is 0 Å².